The predicted molar refractivity (Wildman–Crippen MR) is 92.8 cm³/mol. The Kier molecular flexibility index (Phi) is 3.46. The zero-order chi connectivity index (χ0) is 16.8. The quantitative estimate of drug-likeness (QED) is 0.682. The summed E-state index contributed by atoms with van der Waals surface area (Å²) in [5.74, 6) is 1.46. The summed E-state index contributed by atoms with van der Waals surface area (Å²) in [5, 5.41) is 0.623. The van der Waals surface area contributed by atoms with Gasteiger partial charge in [0.25, 0.3) is 0 Å². The van der Waals surface area contributed by atoms with Crippen LogP contribution >= 0.6 is 11.6 Å². The second-order valence-electron chi connectivity index (χ2n) is 5.94. The number of hydrogen-bond acceptors (Lipinski definition) is 3. The van der Waals surface area contributed by atoms with Gasteiger partial charge in [-0.15, -0.1) is 0 Å². The van der Waals surface area contributed by atoms with Crippen molar-refractivity contribution in [2.75, 3.05) is 6.61 Å². The summed E-state index contributed by atoms with van der Waals surface area (Å²) in [6, 6.07) is 11.2. The van der Waals surface area contributed by atoms with Crippen LogP contribution in [0, 0.1) is 13.8 Å². The largest absolute Gasteiger partial charge is 0.491 e. The van der Waals surface area contributed by atoms with E-state index in [-0.39, 0.29) is 5.69 Å². The van der Waals surface area contributed by atoms with E-state index in [1.165, 1.54) is 0 Å². The summed E-state index contributed by atoms with van der Waals surface area (Å²) in [4.78, 5) is 16.8. The number of aromatic nitrogens is 3. The van der Waals surface area contributed by atoms with Crippen LogP contribution in [0.3, 0.4) is 0 Å². The van der Waals surface area contributed by atoms with Gasteiger partial charge in [-0.2, -0.15) is 9.67 Å². The monoisotopic (exact) mass is 341 g/mol. The van der Waals surface area contributed by atoms with Gasteiger partial charge in [0, 0.05) is 11.4 Å². The Hall–Kier alpha value is -2.53. The minimum Gasteiger partial charge on any atom is -0.491 e. The average molecular weight is 342 g/mol. The van der Waals surface area contributed by atoms with E-state index >= 15 is 0 Å². The number of ether oxygens (including phenoxy) is 1. The summed E-state index contributed by atoms with van der Waals surface area (Å²) in [6.07, 6.45) is 0.572. The van der Waals surface area contributed by atoms with E-state index in [0.29, 0.717) is 23.9 Å². The first-order valence-electron chi connectivity index (χ1n) is 7.76. The normalized spacial score (nSPS) is 13.0. The standard InChI is InChI=1S/C18H16ClN3O2/c1-11-9-12(2)17-15(10-11)24-8-7-16-20-18(23)21(22(16)17)14-5-3-13(19)4-6-14/h3-6,9-10H,7-8H2,1-2H3. The Bertz CT molecular complexity index is 987. The summed E-state index contributed by atoms with van der Waals surface area (Å²) >= 11 is 5.98. The number of rotatable bonds is 1. The fourth-order valence-electron chi connectivity index (χ4n) is 3.16. The van der Waals surface area contributed by atoms with Crippen molar-refractivity contribution in [3.05, 3.63) is 68.9 Å². The van der Waals surface area contributed by atoms with E-state index in [1.807, 2.05) is 36.7 Å². The van der Waals surface area contributed by atoms with Gasteiger partial charge in [-0.1, -0.05) is 17.7 Å². The number of aryl methyl sites for hydroxylation is 2. The molecule has 0 atom stereocenters. The molecule has 0 saturated heterocycles. The maximum absolute atomic E-state index is 12.5. The van der Waals surface area contributed by atoms with Crippen LogP contribution in [0.5, 0.6) is 5.75 Å². The minimum atomic E-state index is -0.305. The van der Waals surface area contributed by atoms with Crippen molar-refractivity contribution in [1.29, 1.82) is 0 Å². The molecule has 4 rings (SSSR count). The molecule has 2 aromatic carbocycles. The van der Waals surface area contributed by atoms with Crippen molar-refractivity contribution in [1.82, 2.24) is 14.3 Å². The van der Waals surface area contributed by atoms with Gasteiger partial charge in [0.05, 0.1) is 12.3 Å². The minimum absolute atomic E-state index is 0.305. The zero-order valence-electron chi connectivity index (χ0n) is 13.4. The second kappa shape index (κ2) is 5.53. The lowest BCUT2D eigenvalue weighted by Gasteiger charge is -2.17. The van der Waals surface area contributed by atoms with Crippen LogP contribution in [0.1, 0.15) is 17.0 Å². The highest BCUT2D eigenvalue weighted by Crippen LogP contribution is 2.31. The summed E-state index contributed by atoms with van der Waals surface area (Å²) in [6.45, 7) is 4.54. The molecule has 0 radical (unpaired) electrons. The lowest BCUT2D eigenvalue weighted by Crippen LogP contribution is -2.22. The fraction of sp³-hybridized carbons (Fsp3) is 0.222. The van der Waals surface area contributed by atoms with Crippen molar-refractivity contribution in [3.8, 4) is 17.1 Å². The van der Waals surface area contributed by atoms with Crippen molar-refractivity contribution >= 4 is 11.6 Å². The van der Waals surface area contributed by atoms with Gasteiger partial charge in [-0.3, -0.25) is 0 Å². The Balaban J connectivity index is 2.06. The molecule has 1 aliphatic rings. The third-order valence-electron chi connectivity index (χ3n) is 4.13. The van der Waals surface area contributed by atoms with E-state index in [1.54, 1.807) is 16.8 Å². The van der Waals surface area contributed by atoms with Gasteiger partial charge in [-0.05, 0) is 55.3 Å². The third kappa shape index (κ3) is 2.32. The van der Waals surface area contributed by atoms with Crippen LogP contribution in [0.2, 0.25) is 5.02 Å². The first-order chi connectivity index (χ1) is 11.5. The van der Waals surface area contributed by atoms with E-state index < -0.39 is 0 Å². The molecule has 6 heteroatoms. The van der Waals surface area contributed by atoms with Crippen LogP contribution in [0.4, 0.5) is 0 Å². The molecular formula is C18H16ClN3O2. The molecule has 122 valence electrons. The zero-order valence-corrected chi connectivity index (χ0v) is 14.2. The number of fused-ring (bicyclic) bond motifs is 3. The van der Waals surface area contributed by atoms with Gasteiger partial charge < -0.3 is 4.74 Å². The number of hydrogen-bond donors (Lipinski definition) is 0. The first-order valence-corrected chi connectivity index (χ1v) is 8.14. The molecule has 3 aromatic rings. The topological polar surface area (TPSA) is 49.0 Å². The van der Waals surface area contributed by atoms with Crippen molar-refractivity contribution in [2.45, 2.75) is 20.3 Å². The highest BCUT2D eigenvalue weighted by Gasteiger charge is 2.24. The molecule has 0 fully saturated rings. The Morgan fingerprint density at radius 1 is 1.12 bits per heavy atom. The van der Waals surface area contributed by atoms with Crippen LogP contribution in [-0.2, 0) is 6.42 Å². The Labute approximate surface area is 144 Å². The first kappa shape index (κ1) is 15.0. The molecule has 2 heterocycles. The van der Waals surface area contributed by atoms with E-state index in [9.17, 15) is 4.79 Å². The SMILES string of the molecule is Cc1cc(C)c2c(c1)OCCc1nc(=O)n(-c3ccc(Cl)cc3)n1-2. The molecular weight excluding hydrogens is 326 g/mol. The van der Waals surface area contributed by atoms with Crippen LogP contribution < -0.4 is 10.4 Å². The third-order valence-corrected chi connectivity index (χ3v) is 4.38. The molecule has 0 amide bonds. The maximum atomic E-state index is 12.5. The van der Waals surface area contributed by atoms with Crippen LogP contribution in [-0.4, -0.2) is 21.0 Å². The van der Waals surface area contributed by atoms with Gasteiger partial charge in [-0.25, -0.2) is 9.48 Å². The highest BCUT2D eigenvalue weighted by molar-refractivity contribution is 6.30. The van der Waals surface area contributed by atoms with Gasteiger partial charge in [0.1, 0.15) is 17.3 Å². The summed E-state index contributed by atoms with van der Waals surface area (Å²) < 4.78 is 9.34. The molecule has 0 spiro atoms. The molecule has 0 saturated carbocycles. The molecule has 1 aromatic heterocycles. The van der Waals surface area contributed by atoms with Crippen LogP contribution in [0.15, 0.2) is 41.2 Å². The van der Waals surface area contributed by atoms with E-state index in [4.69, 9.17) is 16.3 Å². The molecule has 0 N–H and O–H groups in total. The van der Waals surface area contributed by atoms with Crippen LogP contribution in [0.25, 0.3) is 11.4 Å². The van der Waals surface area contributed by atoms with Crippen molar-refractivity contribution < 1.29 is 4.74 Å². The maximum Gasteiger partial charge on any atom is 0.369 e. The van der Waals surface area contributed by atoms with Crippen molar-refractivity contribution in [2.24, 2.45) is 0 Å². The van der Waals surface area contributed by atoms with E-state index in [0.717, 1.165) is 28.3 Å². The molecule has 5 nitrogen and oxygen atoms in total. The second-order valence-corrected chi connectivity index (χ2v) is 6.37. The molecule has 24 heavy (non-hydrogen) atoms. The summed E-state index contributed by atoms with van der Waals surface area (Å²) in [7, 11) is 0. The molecule has 1 aliphatic heterocycles. The predicted octanol–water partition coefficient (Wildman–Crippen LogP) is 3.23. The number of benzene rings is 2. The molecule has 0 bridgehead atoms. The van der Waals surface area contributed by atoms with Crippen molar-refractivity contribution in [3.63, 3.8) is 0 Å². The Morgan fingerprint density at radius 2 is 1.88 bits per heavy atom. The highest BCUT2D eigenvalue weighted by atomic mass is 35.5. The molecule has 0 unspecified atom stereocenters. The van der Waals surface area contributed by atoms with E-state index in [2.05, 4.69) is 11.1 Å². The van der Waals surface area contributed by atoms with Gasteiger partial charge in [0.15, 0.2) is 0 Å². The summed E-state index contributed by atoms with van der Waals surface area (Å²) in [5.41, 5.74) is 3.43. The average Bonchev–Trinajstić information content (AvgIpc) is 2.73. The number of halogens is 1. The lowest BCUT2D eigenvalue weighted by atomic mass is 10.1. The van der Waals surface area contributed by atoms with Gasteiger partial charge >= 0.3 is 5.69 Å². The smallest absolute Gasteiger partial charge is 0.369 e. The number of nitrogens with zero attached hydrogens (tertiary/aromatic N) is 3. The fourth-order valence-corrected chi connectivity index (χ4v) is 3.29. The Morgan fingerprint density at radius 3 is 2.62 bits per heavy atom. The lowest BCUT2D eigenvalue weighted by molar-refractivity contribution is 0.325. The van der Waals surface area contributed by atoms with Gasteiger partial charge in [0.2, 0.25) is 0 Å². The molecule has 0 aliphatic carbocycles.